The zero-order chi connectivity index (χ0) is 14.7. The first-order valence-corrected chi connectivity index (χ1v) is 8.25. The highest BCUT2D eigenvalue weighted by molar-refractivity contribution is 5.25. The molecular formula is C18H25N3. The molecule has 0 bridgehead atoms. The van der Waals surface area contributed by atoms with E-state index in [-0.39, 0.29) is 0 Å². The summed E-state index contributed by atoms with van der Waals surface area (Å²) >= 11 is 0. The largest absolute Gasteiger partial charge is 0.248 e. The van der Waals surface area contributed by atoms with Crippen molar-refractivity contribution in [2.24, 2.45) is 0 Å². The fraction of sp³-hybridized carbons (Fsp3) is 0.556. The highest BCUT2D eigenvalue weighted by Gasteiger charge is 2.19. The van der Waals surface area contributed by atoms with Crippen molar-refractivity contribution in [3.05, 3.63) is 47.3 Å². The predicted molar refractivity (Wildman–Crippen MR) is 85.5 cm³/mol. The van der Waals surface area contributed by atoms with Gasteiger partial charge in [-0.2, -0.15) is 0 Å². The Labute approximate surface area is 127 Å². The molecule has 1 saturated carbocycles. The van der Waals surface area contributed by atoms with Crippen molar-refractivity contribution in [2.75, 3.05) is 0 Å². The van der Waals surface area contributed by atoms with Crippen LogP contribution < -0.4 is 0 Å². The molecule has 21 heavy (non-hydrogen) atoms. The average Bonchev–Trinajstić information content (AvgIpc) is 3.18. The van der Waals surface area contributed by atoms with Crippen LogP contribution in [-0.2, 0) is 6.54 Å². The second kappa shape index (κ2) is 6.42. The van der Waals surface area contributed by atoms with E-state index in [0.29, 0.717) is 11.8 Å². The molecule has 1 aliphatic rings. The van der Waals surface area contributed by atoms with Gasteiger partial charge in [-0.25, -0.2) is 4.68 Å². The first kappa shape index (κ1) is 14.3. The zero-order valence-electron chi connectivity index (χ0n) is 13.1. The summed E-state index contributed by atoms with van der Waals surface area (Å²) in [7, 11) is 0. The van der Waals surface area contributed by atoms with Crippen LogP contribution in [0.1, 0.15) is 74.6 Å². The molecule has 3 heteroatoms. The van der Waals surface area contributed by atoms with Crippen LogP contribution in [0, 0.1) is 0 Å². The maximum absolute atomic E-state index is 4.37. The Hall–Kier alpha value is -1.64. The van der Waals surface area contributed by atoms with Gasteiger partial charge in [0.25, 0.3) is 0 Å². The lowest BCUT2D eigenvalue weighted by Crippen LogP contribution is -2.01. The van der Waals surface area contributed by atoms with E-state index >= 15 is 0 Å². The molecule has 2 aromatic rings. The molecule has 0 spiro atoms. The van der Waals surface area contributed by atoms with E-state index in [1.54, 1.807) is 0 Å². The van der Waals surface area contributed by atoms with Gasteiger partial charge in [0.05, 0.1) is 12.2 Å². The molecule has 3 nitrogen and oxygen atoms in total. The van der Waals surface area contributed by atoms with Crippen molar-refractivity contribution < 1.29 is 0 Å². The summed E-state index contributed by atoms with van der Waals surface area (Å²) < 4.78 is 1.98. The Morgan fingerprint density at radius 3 is 2.57 bits per heavy atom. The number of rotatable bonds is 5. The molecule has 0 saturated heterocycles. The first-order chi connectivity index (χ1) is 10.3. The summed E-state index contributed by atoms with van der Waals surface area (Å²) in [5.74, 6) is 1.28. The summed E-state index contributed by atoms with van der Waals surface area (Å²) in [4.78, 5) is 0. The maximum atomic E-state index is 4.37. The van der Waals surface area contributed by atoms with E-state index in [9.17, 15) is 0 Å². The van der Waals surface area contributed by atoms with Gasteiger partial charge in [-0.1, -0.05) is 56.2 Å². The highest BCUT2D eigenvalue weighted by Crippen LogP contribution is 2.32. The van der Waals surface area contributed by atoms with E-state index in [0.717, 1.165) is 6.54 Å². The molecule has 1 fully saturated rings. The minimum atomic E-state index is 0.638. The lowest BCUT2D eigenvalue weighted by Gasteiger charge is -2.09. The normalized spacial score (nSPS) is 17.2. The Morgan fingerprint density at radius 2 is 1.90 bits per heavy atom. The van der Waals surface area contributed by atoms with Crippen molar-refractivity contribution in [3.8, 4) is 0 Å². The van der Waals surface area contributed by atoms with Gasteiger partial charge in [-0.3, -0.25) is 0 Å². The number of hydrogen-bond donors (Lipinski definition) is 0. The molecule has 0 amide bonds. The SMILES string of the molecule is CCC(C)c1ccc(Cn2cc(C3CCCC3)nn2)cc1. The van der Waals surface area contributed by atoms with E-state index in [1.807, 2.05) is 4.68 Å². The smallest absolute Gasteiger partial charge is 0.0858 e. The van der Waals surface area contributed by atoms with E-state index in [1.165, 1.54) is 48.9 Å². The van der Waals surface area contributed by atoms with Gasteiger partial charge < -0.3 is 0 Å². The number of hydrogen-bond acceptors (Lipinski definition) is 2. The quantitative estimate of drug-likeness (QED) is 0.809. The van der Waals surface area contributed by atoms with Crippen LogP contribution in [-0.4, -0.2) is 15.0 Å². The van der Waals surface area contributed by atoms with E-state index in [4.69, 9.17) is 0 Å². The molecule has 1 heterocycles. The van der Waals surface area contributed by atoms with Crippen molar-refractivity contribution in [1.82, 2.24) is 15.0 Å². The molecule has 1 aromatic carbocycles. The average molecular weight is 283 g/mol. The minimum Gasteiger partial charge on any atom is -0.248 e. The summed E-state index contributed by atoms with van der Waals surface area (Å²) in [5, 5.41) is 8.66. The monoisotopic (exact) mass is 283 g/mol. The zero-order valence-corrected chi connectivity index (χ0v) is 13.1. The molecule has 1 unspecified atom stereocenters. The number of aromatic nitrogens is 3. The van der Waals surface area contributed by atoms with Crippen molar-refractivity contribution >= 4 is 0 Å². The van der Waals surface area contributed by atoms with Crippen LogP contribution >= 0.6 is 0 Å². The van der Waals surface area contributed by atoms with Crippen LogP contribution in [0.25, 0.3) is 0 Å². The standard InChI is InChI=1S/C18H25N3/c1-3-14(2)16-10-8-15(9-11-16)12-21-13-18(19-20-21)17-6-4-5-7-17/h8-11,13-14,17H,3-7,12H2,1-2H3. The third kappa shape index (κ3) is 3.34. The van der Waals surface area contributed by atoms with Gasteiger partial charge in [0.15, 0.2) is 0 Å². The second-order valence-corrected chi connectivity index (χ2v) is 6.37. The molecular weight excluding hydrogens is 258 g/mol. The van der Waals surface area contributed by atoms with Crippen LogP contribution in [0.5, 0.6) is 0 Å². The van der Waals surface area contributed by atoms with Crippen LogP contribution in [0.3, 0.4) is 0 Å². The molecule has 3 rings (SSSR count). The Balaban J connectivity index is 1.66. The van der Waals surface area contributed by atoms with Crippen molar-refractivity contribution in [1.29, 1.82) is 0 Å². The fourth-order valence-electron chi connectivity index (χ4n) is 3.17. The Morgan fingerprint density at radius 1 is 1.19 bits per heavy atom. The van der Waals surface area contributed by atoms with Crippen molar-refractivity contribution in [3.63, 3.8) is 0 Å². The van der Waals surface area contributed by atoms with Gasteiger partial charge in [-0.15, -0.1) is 5.10 Å². The lowest BCUT2D eigenvalue weighted by atomic mass is 9.98. The molecule has 1 aromatic heterocycles. The molecule has 0 radical (unpaired) electrons. The predicted octanol–water partition coefficient (Wildman–Crippen LogP) is 4.50. The molecule has 112 valence electrons. The van der Waals surface area contributed by atoms with E-state index < -0.39 is 0 Å². The van der Waals surface area contributed by atoms with Gasteiger partial charge in [0.1, 0.15) is 0 Å². The van der Waals surface area contributed by atoms with Gasteiger partial charge in [-0.05, 0) is 36.3 Å². The van der Waals surface area contributed by atoms with Gasteiger partial charge in [0.2, 0.25) is 0 Å². The number of nitrogens with zero attached hydrogens (tertiary/aromatic N) is 3. The Kier molecular flexibility index (Phi) is 4.37. The van der Waals surface area contributed by atoms with E-state index in [2.05, 4.69) is 54.6 Å². The third-order valence-electron chi connectivity index (χ3n) is 4.84. The van der Waals surface area contributed by atoms with Gasteiger partial charge >= 0.3 is 0 Å². The van der Waals surface area contributed by atoms with Crippen LogP contribution in [0.4, 0.5) is 0 Å². The summed E-state index contributed by atoms with van der Waals surface area (Å²) in [6, 6.07) is 8.94. The first-order valence-electron chi connectivity index (χ1n) is 8.25. The third-order valence-corrected chi connectivity index (χ3v) is 4.84. The van der Waals surface area contributed by atoms with Gasteiger partial charge in [0, 0.05) is 12.1 Å². The number of benzene rings is 1. The van der Waals surface area contributed by atoms with Crippen LogP contribution in [0.15, 0.2) is 30.5 Å². The lowest BCUT2D eigenvalue weighted by molar-refractivity contribution is 0.645. The highest BCUT2D eigenvalue weighted by atomic mass is 15.4. The molecule has 1 aliphatic carbocycles. The molecule has 0 N–H and O–H groups in total. The van der Waals surface area contributed by atoms with Crippen molar-refractivity contribution in [2.45, 2.75) is 64.3 Å². The summed E-state index contributed by atoms with van der Waals surface area (Å²) in [5.41, 5.74) is 3.90. The maximum Gasteiger partial charge on any atom is 0.0858 e. The Bertz CT molecular complexity index is 564. The summed E-state index contributed by atoms with van der Waals surface area (Å²) in [6.07, 6.45) is 8.57. The summed E-state index contributed by atoms with van der Waals surface area (Å²) in [6.45, 7) is 5.33. The topological polar surface area (TPSA) is 30.7 Å². The molecule has 1 atom stereocenters. The minimum absolute atomic E-state index is 0.638. The molecule has 0 aliphatic heterocycles. The second-order valence-electron chi connectivity index (χ2n) is 6.37. The van der Waals surface area contributed by atoms with Crippen LogP contribution in [0.2, 0.25) is 0 Å². The fourth-order valence-corrected chi connectivity index (χ4v) is 3.17.